The molecule has 0 aliphatic heterocycles. The van der Waals surface area contributed by atoms with Crippen LogP contribution in [0.1, 0.15) is 25.8 Å². The third-order valence-corrected chi connectivity index (χ3v) is 3.33. The van der Waals surface area contributed by atoms with E-state index in [1.807, 2.05) is 6.92 Å². The van der Waals surface area contributed by atoms with Crippen molar-refractivity contribution in [3.8, 4) is 0 Å². The quantitative estimate of drug-likeness (QED) is 0.738. The third-order valence-electron chi connectivity index (χ3n) is 3.33. The molecule has 0 unspecified atom stereocenters. The first-order chi connectivity index (χ1) is 9.36. The summed E-state index contributed by atoms with van der Waals surface area (Å²) in [7, 11) is 0. The minimum Gasteiger partial charge on any atom is -0.382 e. The number of fused-ring (bicyclic) bond motifs is 1. The molecule has 0 spiro atoms. The molecule has 1 heterocycles. The van der Waals surface area contributed by atoms with E-state index >= 15 is 0 Å². The van der Waals surface area contributed by atoms with Gasteiger partial charge in [0.25, 0.3) is 0 Å². The lowest BCUT2D eigenvalue weighted by Gasteiger charge is -2.05. The Morgan fingerprint density at radius 2 is 2.05 bits per heavy atom. The number of aryl methyl sites for hydroxylation is 1. The molecule has 0 saturated carbocycles. The molecule has 0 saturated heterocycles. The average molecular weight is 260 g/mol. The standard InChI is InChI=1S/C16H24N2O/c1-3-17-12-14-13-18(10-7-11-19-4-2)16-9-6-5-8-15(14)16/h5-6,8-9,13,17H,3-4,7,10-12H2,1-2H3. The van der Waals surface area contributed by atoms with E-state index in [1.165, 1.54) is 16.5 Å². The maximum absolute atomic E-state index is 5.41. The molecule has 3 nitrogen and oxygen atoms in total. The van der Waals surface area contributed by atoms with Gasteiger partial charge < -0.3 is 14.6 Å². The fraction of sp³-hybridized carbons (Fsp3) is 0.500. The summed E-state index contributed by atoms with van der Waals surface area (Å²) in [6.45, 7) is 8.79. The summed E-state index contributed by atoms with van der Waals surface area (Å²) in [5.41, 5.74) is 2.71. The summed E-state index contributed by atoms with van der Waals surface area (Å²) in [5, 5.41) is 4.77. The number of rotatable bonds is 8. The Morgan fingerprint density at radius 3 is 2.84 bits per heavy atom. The van der Waals surface area contributed by atoms with E-state index < -0.39 is 0 Å². The number of benzene rings is 1. The molecule has 0 radical (unpaired) electrons. The van der Waals surface area contributed by atoms with Crippen molar-refractivity contribution in [1.29, 1.82) is 0 Å². The molecular formula is C16H24N2O. The zero-order chi connectivity index (χ0) is 13.5. The van der Waals surface area contributed by atoms with Gasteiger partial charge in [-0.25, -0.2) is 0 Å². The number of hydrogen-bond acceptors (Lipinski definition) is 2. The van der Waals surface area contributed by atoms with Gasteiger partial charge in [-0.3, -0.25) is 0 Å². The number of para-hydroxylation sites is 1. The van der Waals surface area contributed by atoms with Gasteiger partial charge in [0.05, 0.1) is 0 Å². The highest BCUT2D eigenvalue weighted by Crippen LogP contribution is 2.21. The first-order valence-electron chi connectivity index (χ1n) is 7.22. The molecule has 104 valence electrons. The Bertz CT molecular complexity index is 504. The summed E-state index contributed by atoms with van der Waals surface area (Å²) >= 11 is 0. The number of ether oxygens (including phenoxy) is 1. The number of hydrogen-bond donors (Lipinski definition) is 1. The van der Waals surface area contributed by atoms with Crippen LogP contribution >= 0.6 is 0 Å². The van der Waals surface area contributed by atoms with Gasteiger partial charge in [0.2, 0.25) is 0 Å². The zero-order valence-electron chi connectivity index (χ0n) is 12.0. The summed E-state index contributed by atoms with van der Waals surface area (Å²) in [4.78, 5) is 0. The highest BCUT2D eigenvalue weighted by atomic mass is 16.5. The van der Waals surface area contributed by atoms with Gasteiger partial charge in [0, 0.05) is 43.4 Å². The van der Waals surface area contributed by atoms with Gasteiger partial charge in [-0.2, -0.15) is 0 Å². The van der Waals surface area contributed by atoms with Crippen LogP contribution in [0, 0.1) is 0 Å². The average Bonchev–Trinajstić information content (AvgIpc) is 2.80. The molecule has 1 aromatic carbocycles. The van der Waals surface area contributed by atoms with Crippen molar-refractivity contribution in [2.24, 2.45) is 0 Å². The van der Waals surface area contributed by atoms with E-state index in [4.69, 9.17) is 4.74 Å². The van der Waals surface area contributed by atoms with Crippen molar-refractivity contribution in [3.63, 3.8) is 0 Å². The summed E-state index contributed by atoms with van der Waals surface area (Å²) in [6.07, 6.45) is 3.34. The van der Waals surface area contributed by atoms with Crippen molar-refractivity contribution >= 4 is 10.9 Å². The van der Waals surface area contributed by atoms with Gasteiger partial charge in [0.1, 0.15) is 0 Å². The maximum atomic E-state index is 5.41. The highest BCUT2D eigenvalue weighted by Gasteiger charge is 2.07. The fourth-order valence-corrected chi connectivity index (χ4v) is 2.39. The number of nitrogens with one attached hydrogen (secondary N) is 1. The Kier molecular flexibility index (Phi) is 5.43. The lowest BCUT2D eigenvalue weighted by Crippen LogP contribution is -2.11. The molecule has 2 rings (SSSR count). The summed E-state index contributed by atoms with van der Waals surface area (Å²) in [6, 6.07) is 8.63. The summed E-state index contributed by atoms with van der Waals surface area (Å²) < 4.78 is 7.76. The van der Waals surface area contributed by atoms with Gasteiger partial charge in [-0.05, 0) is 31.5 Å². The van der Waals surface area contributed by atoms with E-state index in [9.17, 15) is 0 Å². The molecule has 2 aromatic rings. The molecule has 0 atom stereocenters. The number of aromatic nitrogens is 1. The fourth-order valence-electron chi connectivity index (χ4n) is 2.39. The summed E-state index contributed by atoms with van der Waals surface area (Å²) in [5.74, 6) is 0. The van der Waals surface area contributed by atoms with Gasteiger partial charge in [0.15, 0.2) is 0 Å². The Balaban J connectivity index is 2.13. The molecule has 0 aliphatic rings. The Morgan fingerprint density at radius 1 is 1.21 bits per heavy atom. The number of nitrogens with zero attached hydrogens (tertiary/aromatic N) is 1. The topological polar surface area (TPSA) is 26.2 Å². The Labute approximate surface area is 115 Å². The zero-order valence-corrected chi connectivity index (χ0v) is 12.0. The van der Waals surface area contributed by atoms with Crippen molar-refractivity contribution in [1.82, 2.24) is 9.88 Å². The molecule has 0 aliphatic carbocycles. The second kappa shape index (κ2) is 7.31. The second-order valence-corrected chi connectivity index (χ2v) is 4.70. The minimum atomic E-state index is 0.804. The predicted molar refractivity (Wildman–Crippen MR) is 80.4 cm³/mol. The van der Waals surface area contributed by atoms with Crippen molar-refractivity contribution in [3.05, 3.63) is 36.0 Å². The van der Waals surface area contributed by atoms with Crippen molar-refractivity contribution in [2.75, 3.05) is 19.8 Å². The van der Waals surface area contributed by atoms with Crippen LogP contribution in [0.2, 0.25) is 0 Å². The van der Waals surface area contributed by atoms with Crippen LogP contribution in [0.3, 0.4) is 0 Å². The molecular weight excluding hydrogens is 236 g/mol. The van der Waals surface area contributed by atoms with Crippen molar-refractivity contribution in [2.45, 2.75) is 33.4 Å². The van der Waals surface area contributed by atoms with Crippen LogP contribution in [0.15, 0.2) is 30.5 Å². The van der Waals surface area contributed by atoms with Gasteiger partial charge in [-0.15, -0.1) is 0 Å². The first kappa shape index (κ1) is 14.1. The molecule has 0 bridgehead atoms. The van der Waals surface area contributed by atoms with Crippen LogP contribution in [0.4, 0.5) is 0 Å². The second-order valence-electron chi connectivity index (χ2n) is 4.70. The van der Waals surface area contributed by atoms with E-state index in [0.29, 0.717) is 0 Å². The van der Waals surface area contributed by atoms with Crippen LogP contribution in [0.5, 0.6) is 0 Å². The molecule has 0 fully saturated rings. The van der Waals surface area contributed by atoms with E-state index in [0.717, 1.165) is 39.3 Å². The molecule has 0 amide bonds. The van der Waals surface area contributed by atoms with Crippen molar-refractivity contribution < 1.29 is 4.74 Å². The van der Waals surface area contributed by atoms with E-state index in [2.05, 4.69) is 47.3 Å². The third kappa shape index (κ3) is 3.58. The molecule has 1 N–H and O–H groups in total. The largest absolute Gasteiger partial charge is 0.382 e. The normalized spacial score (nSPS) is 11.3. The smallest absolute Gasteiger partial charge is 0.0483 e. The molecule has 3 heteroatoms. The molecule has 1 aromatic heterocycles. The van der Waals surface area contributed by atoms with Gasteiger partial charge >= 0.3 is 0 Å². The van der Waals surface area contributed by atoms with Crippen LogP contribution in [-0.4, -0.2) is 24.3 Å². The highest BCUT2D eigenvalue weighted by molar-refractivity contribution is 5.83. The van der Waals surface area contributed by atoms with E-state index in [1.54, 1.807) is 0 Å². The monoisotopic (exact) mass is 260 g/mol. The van der Waals surface area contributed by atoms with E-state index in [-0.39, 0.29) is 0 Å². The van der Waals surface area contributed by atoms with Gasteiger partial charge in [-0.1, -0.05) is 25.1 Å². The van der Waals surface area contributed by atoms with Crippen LogP contribution < -0.4 is 5.32 Å². The maximum Gasteiger partial charge on any atom is 0.0483 e. The minimum absolute atomic E-state index is 0.804. The lowest BCUT2D eigenvalue weighted by atomic mass is 10.2. The van der Waals surface area contributed by atoms with Crippen LogP contribution in [-0.2, 0) is 17.8 Å². The molecule has 19 heavy (non-hydrogen) atoms. The first-order valence-corrected chi connectivity index (χ1v) is 7.22. The lowest BCUT2D eigenvalue weighted by molar-refractivity contribution is 0.142. The SMILES string of the molecule is CCNCc1cn(CCCOCC)c2ccccc12. The predicted octanol–water partition coefficient (Wildman–Crippen LogP) is 3.18. The Hall–Kier alpha value is -1.32. The van der Waals surface area contributed by atoms with Crippen LogP contribution in [0.25, 0.3) is 10.9 Å².